The third kappa shape index (κ3) is 2.37. The summed E-state index contributed by atoms with van der Waals surface area (Å²) in [6.07, 6.45) is 11.6. The highest BCUT2D eigenvalue weighted by atomic mass is 16.4. The first kappa shape index (κ1) is 18.0. The summed E-state index contributed by atoms with van der Waals surface area (Å²) in [5.41, 5.74) is 0.0933. The molecule has 0 heterocycles. The molecule has 2 fully saturated rings. The van der Waals surface area contributed by atoms with Gasteiger partial charge in [0.1, 0.15) is 0 Å². The minimum absolute atomic E-state index is 0.0559. The van der Waals surface area contributed by atoms with E-state index in [1.165, 1.54) is 5.57 Å². The first-order chi connectivity index (χ1) is 12.2. The maximum Gasteiger partial charge on any atom is 0.156 e. The monoisotopic (exact) mass is 357 g/mol. The molecule has 4 heteroatoms. The zero-order valence-corrected chi connectivity index (χ0v) is 15.8. The quantitative estimate of drug-likeness (QED) is 0.842. The molecule has 6 atom stereocenters. The van der Waals surface area contributed by atoms with Crippen molar-refractivity contribution < 1.29 is 19.8 Å². The van der Waals surface area contributed by atoms with E-state index in [2.05, 4.69) is 26.0 Å². The lowest BCUT2D eigenvalue weighted by Gasteiger charge is -2.57. The molecule has 4 rings (SSSR count). The lowest BCUT2D eigenvalue weighted by Crippen LogP contribution is -2.54. The number of hydrogen-bond donors (Lipinski definition) is 1. The van der Waals surface area contributed by atoms with Crippen LogP contribution in [0.5, 0.6) is 0 Å². The average molecular weight is 357 g/mol. The van der Waals surface area contributed by atoms with Crippen LogP contribution >= 0.6 is 0 Å². The summed E-state index contributed by atoms with van der Waals surface area (Å²) in [5, 5.41) is 22.3. The molecule has 4 aliphatic carbocycles. The Morgan fingerprint density at radius 1 is 1.23 bits per heavy atom. The van der Waals surface area contributed by atoms with Gasteiger partial charge in [-0.25, -0.2) is 0 Å². The fourth-order valence-electron chi connectivity index (χ4n) is 6.83. The second kappa shape index (κ2) is 5.79. The molecule has 0 aromatic carbocycles. The SMILES string of the molecule is C[C@]12CCC(=O)C=C1C=C[C@@H]1[C@@H]2CC[C@@]2(C)[C@H]1CC[C@@]2(O)CCC(=O)[O-]. The number of ketones is 1. The van der Waals surface area contributed by atoms with Crippen LogP contribution in [0.15, 0.2) is 23.8 Å². The van der Waals surface area contributed by atoms with Gasteiger partial charge in [-0.1, -0.05) is 26.0 Å². The summed E-state index contributed by atoms with van der Waals surface area (Å²) in [6, 6.07) is 0. The number of carboxylic acids is 1. The lowest BCUT2D eigenvalue weighted by atomic mass is 9.48. The smallest absolute Gasteiger partial charge is 0.156 e. The molecule has 26 heavy (non-hydrogen) atoms. The fourth-order valence-corrected chi connectivity index (χ4v) is 6.83. The van der Waals surface area contributed by atoms with Crippen molar-refractivity contribution in [1.82, 2.24) is 0 Å². The highest BCUT2D eigenvalue weighted by Crippen LogP contribution is 2.66. The lowest BCUT2D eigenvalue weighted by molar-refractivity contribution is -0.307. The molecule has 2 saturated carbocycles. The Balaban J connectivity index is 1.66. The zero-order valence-electron chi connectivity index (χ0n) is 15.8. The van der Waals surface area contributed by atoms with Crippen molar-refractivity contribution >= 4 is 11.8 Å². The highest BCUT2D eigenvalue weighted by molar-refractivity contribution is 5.92. The second-order valence-electron chi connectivity index (χ2n) is 9.53. The topological polar surface area (TPSA) is 77.4 Å². The molecule has 0 amide bonds. The normalized spacial score (nSPS) is 47.0. The number of carbonyl (C=O) groups excluding carboxylic acids is 2. The number of aliphatic carboxylic acids is 1. The summed E-state index contributed by atoms with van der Waals surface area (Å²) in [5.74, 6) is 0.444. The summed E-state index contributed by atoms with van der Waals surface area (Å²) < 4.78 is 0. The van der Waals surface area contributed by atoms with Crippen LogP contribution < -0.4 is 5.11 Å². The molecule has 0 aromatic rings. The molecule has 0 saturated heterocycles. The van der Waals surface area contributed by atoms with Gasteiger partial charge in [-0.3, -0.25) is 4.79 Å². The standard InChI is InChI=1S/C22H30O4/c1-20-9-5-15(23)13-14(20)3-4-16-17(20)6-10-21(2)18(16)7-11-22(21,26)12-8-19(24)25/h3-4,13,16-18,26H,5-12H2,1-2H3,(H,24,25)/p-1/t16-,17+,18+,20+,21+,22-/m1/s1. The number of allylic oxidation sites excluding steroid dienone is 4. The van der Waals surface area contributed by atoms with Gasteiger partial charge in [0.2, 0.25) is 0 Å². The van der Waals surface area contributed by atoms with Gasteiger partial charge in [0.15, 0.2) is 5.78 Å². The molecule has 0 radical (unpaired) electrons. The maximum absolute atomic E-state index is 11.9. The van der Waals surface area contributed by atoms with Gasteiger partial charge in [0, 0.05) is 12.4 Å². The van der Waals surface area contributed by atoms with E-state index in [0.29, 0.717) is 37.0 Å². The van der Waals surface area contributed by atoms with Crippen LogP contribution in [0.2, 0.25) is 0 Å². The Morgan fingerprint density at radius 2 is 1.96 bits per heavy atom. The predicted molar refractivity (Wildman–Crippen MR) is 95.8 cm³/mol. The van der Waals surface area contributed by atoms with E-state index in [-0.39, 0.29) is 23.0 Å². The molecule has 0 bridgehead atoms. The molecular formula is C22H29O4-. The summed E-state index contributed by atoms with van der Waals surface area (Å²) >= 11 is 0. The summed E-state index contributed by atoms with van der Waals surface area (Å²) in [7, 11) is 0. The van der Waals surface area contributed by atoms with Crippen molar-refractivity contribution in [1.29, 1.82) is 0 Å². The molecule has 0 unspecified atom stereocenters. The van der Waals surface area contributed by atoms with Crippen LogP contribution in [0.4, 0.5) is 0 Å². The van der Waals surface area contributed by atoms with Crippen LogP contribution in [0.25, 0.3) is 0 Å². The van der Waals surface area contributed by atoms with E-state index in [4.69, 9.17) is 0 Å². The Hall–Kier alpha value is -1.42. The largest absolute Gasteiger partial charge is 0.550 e. The van der Waals surface area contributed by atoms with E-state index < -0.39 is 11.6 Å². The van der Waals surface area contributed by atoms with E-state index in [0.717, 1.165) is 25.7 Å². The molecule has 0 spiro atoms. The molecule has 4 nitrogen and oxygen atoms in total. The van der Waals surface area contributed by atoms with Crippen molar-refractivity contribution in [3.05, 3.63) is 23.8 Å². The number of rotatable bonds is 3. The molecule has 1 N–H and O–H groups in total. The van der Waals surface area contributed by atoms with Crippen LogP contribution in [0.3, 0.4) is 0 Å². The molecular weight excluding hydrogens is 328 g/mol. The number of hydrogen-bond acceptors (Lipinski definition) is 4. The van der Waals surface area contributed by atoms with Gasteiger partial charge in [0.05, 0.1) is 5.60 Å². The predicted octanol–water partition coefficient (Wildman–Crippen LogP) is 2.56. The maximum atomic E-state index is 11.9. The van der Waals surface area contributed by atoms with Crippen LogP contribution in [0, 0.1) is 28.6 Å². The first-order valence-electron chi connectivity index (χ1n) is 10.1. The Kier molecular flexibility index (Phi) is 4.00. The Morgan fingerprint density at radius 3 is 2.69 bits per heavy atom. The van der Waals surface area contributed by atoms with Crippen molar-refractivity contribution in [2.45, 2.75) is 70.8 Å². The van der Waals surface area contributed by atoms with Gasteiger partial charge in [-0.15, -0.1) is 0 Å². The number of carboxylic acid groups (broad SMARTS) is 1. The van der Waals surface area contributed by atoms with E-state index in [1.807, 2.05) is 6.08 Å². The van der Waals surface area contributed by atoms with Gasteiger partial charge >= 0.3 is 0 Å². The number of fused-ring (bicyclic) bond motifs is 5. The van der Waals surface area contributed by atoms with Gasteiger partial charge in [0.25, 0.3) is 0 Å². The third-order valence-corrected chi connectivity index (χ3v) is 8.58. The number of carbonyl (C=O) groups is 2. The van der Waals surface area contributed by atoms with Crippen molar-refractivity contribution in [3.63, 3.8) is 0 Å². The molecule has 142 valence electrons. The molecule has 4 aliphatic rings. The third-order valence-electron chi connectivity index (χ3n) is 8.58. The second-order valence-corrected chi connectivity index (χ2v) is 9.53. The minimum Gasteiger partial charge on any atom is -0.550 e. The summed E-state index contributed by atoms with van der Waals surface area (Å²) in [4.78, 5) is 22.8. The average Bonchev–Trinajstić information content (AvgIpc) is 2.86. The minimum atomic E-state index is -1.08. The van der Waals surface area contributed by atoms with E-state index in [1.54, 1.807) is 0 Å². The van der Waals surface area contributed by atoms with Gasteiger partial charge in [-0.2, -0.15) is 0 Å². The van der Waals surface area contributed by atoms with Crippen LogP contribution in [0.1, 0.15) is 65.2 Å². The van der Waals surface area contributed by atoms with Gasteiger partial charge < -0.3 is 15.0 Å². The van der Waals surface area contributed by atoms with Crippen LogP contribution in [-0.2, 0) is 9.59 Å². The Labute approximate surface area is 155 Å². The van der Waals surface area contributed by atoms with Crippen molar-refractivity contribution in [2.75, 3.05) is 0 Å². The summed E-state index contributed by atoms with van der Waals surface area (Å²) in [6.45, 7) is 4.48. The molecule has 0 aromatic heterocycles. The van der Waals surface area contributed by atoms with E-state index in [9.17, 15) is 19.8 Å². The molecule has 0 aliphatic heterocycles. The highest BCUT2D eigenvalue weighted by Gasteiger charge is 2.62. The number of aliphatic hydroxyl groups is 1. The van der Waals surface area contributed by atoms with Crippen molar-refractivity contribution in [2.24, 2.45) is 28.6 Å². The van der Waals surface area contributed by atoms with E-state index >= 15 is 0 Å². The van der Waals surface area contributed by atoms with Crippen LogP contribution in [-0.4, -0.2) is 22.5 Å². The first-order valence-corrected chi connectivity index (χ1v) is 10.1. The Bertz CT molecular complexity index is 707. The zero-order chi connectivity index (χ0) is 18.7. The van der Waals surface area contributed by atoms with Crippen molar-refractivity contribution in [3.8, 4) is 0 Å². The van der Waals surface area contributed by atoms with Gasteiger partial charge in [-0.05, 0) is 85.2 Å². The fraction of sp³-hybridized carbons (Fsp3) is 0.727.